The van der Waals surface area contributed by atoms with Crippen LogP contribution in [0.15, 0.2) is 24.3 Å². The Labute approximate surface area is 150 Å². The first kappa shape index (κ1) is 19.1. The van der Waals surface area contributed by atoms with E-state index in [0.29, 0.717) is 5.92 Å². The zero-order valence-electron chi connectivity index (χ0n) is 15.0. The fraction of sp³-hybridized carbons (Fsp3) is 0.632. The SMILES string of the molecule is CC(C)CN1CCC(NC(=O)N[C@@H](C)Cc2ccccc2Cl)CC1. The number of nitrogens with one attached hydrogen (secondary N) is 2. The lowest BCUT2D eigenvalue weighted by Gasteiger charge is -2.33. The Bertz CT molecular complexity index is 527. The van der Waals surface area contributed by atoms with E-state index in [2.05, 4.69) is 29.4 Å². The van der Waals surface area contributed by atoms with Crippen LogP contribution < -0.4 is 10.6 Å². The van der Waals surface area contributed by atoms with Crippen LogP contribution in [0.3, 0.4) is 0 Å². The molecule has 0 aromatic heterocycles. The number of amides is 2. The maximum absolute atomic E-state index is 12.2. The lowest BCUT2D eigenvalue weighted by atomic mass is 10.0. The highest BCUT2D eigenvalue weighted by Crippen LogP contribution is 2.16. The van der Waals surface area contributed by atoms with Crippen molar-refractivity contribution in [2.24, 2.45) is 5.92 Å². The highest BCUT2D eigenvalue weighted by molar-refractivity contribution is 6.31. The second-order valence-electron chi connectivity index (χ2n) is 7.28. The molecule has 1 atom stereocenters. The van der Waals surface area contributed by atoms with Gasteiger partial charge in [0.25, 0.3) is 0 Å². The van der Waals surface area contributed by atoms with E-state index in [1.165, 1.54) is 0 Å². The summed E-state index contributed by atoms with van der Waals surface area (Å²) >= 11 is 6.18. The Morgan fingerprint density at radius 1 is 1.25 bits per heavy atom. The van der Waals surface area contributed by atoms with Crippen molar-refractivity contribution in [2.75, 3.05) is 19.6 Å². The van der Waals surface area contributed by atoms with Crippen molar-refractivity contribution < 1.29 is 4.79 Å². The van der Waals surface area contributed by atoms with Crippen LogP contribution in [-0.2, 0) is 6.42 Å². The number of carbonyl (C=O) groups excluding carboxylic acids is 1. The van der Waals surface area contributed by atoms with Gasteiger partial charge in [-0.2, -0.15) is 0 Å². The molecule has 1 fully saturated rings. The molecule has 0 spiro atoms. The van der Waals surface area contributed by atoms with Crippen LogP contribution in [0.25, 0.3) is 0 Å². The maximum Gasteiger partial charge on any atom is 0.315 e. The number of halogens is 1. The van der Waals surface area contributed by atoms with Crippen LogP contribution in [0.5, 0.6) is 0 Å². The van der Waals surface area contributed by atoms with Gasteiger partial charge in [0.2, 0.25) is 0 Å². The average molecular weight is 352 g/mol. The van der Waals surface area contributed by atoms with Gasteiger partial charge in [0, 0.05) is 36.7 Å². The molecule has 5 heteroatoms. The summed E-state index contributed by atoms with van der Waals surface area (Å²) < 4.78 is 0. The monoisotopic (exact) mass is 351 g/mol. The lowest BCUT2D eigenvalue weighted by molar-refractivity contribution is 0.177. The minimum absolute atomic E-state index is 0.0472. The van der Waals surface area contributed by atoms with Crippen molar-refractivity contribution >= 4 is 17.6 Å². The molecule has 1 aromatic carbocycles. The summed E-state index contributed by atoms with van der Waals surface area (Å²) in [4.78, 5) is 14.7. The maximum atomic E-state index is 12.2. The van der Waals surface area contributed by atoms with Crippen molar-refractivity contribution in [3.63, 3.8) is 0 Å². The molecule has 0 bridgehead atoms. The minimum atomic E-state index is -0.0723. The fourth-order valence-electron chi connectivity index (χ4n) is 3.27. The van der Waals surface area contributed by atoms with Crippen LogP contribution >= 0.6 is 11.6 Å². The van der Waals surface area contributed by atoms with E-state index >= 15 is 0 Å². The highest BCUT2D eigenvalue weighted by atomic mass is 35.5. The first-order valence-electron chi connectivity index (χ1n) is 8.97. The second-order valence-corrected chi connectivity index (χ2v) is 7.69. The number of carbonyl (C=O) groups is 1. The van der Waals surface area contributed by atoms with Gasteiger partial charge in [-0.25, -0.2) is 4.79 Å². The third kappa shape index (κ3) is 6.33. The first-order chi connectivity index (χ1) is 11.4. The van der Waals surface area contributed by atoms with Gasteiger partial charge in [-0.05, 0) is 43.7 Å². The van der Waals surface area contributed by atoms with E-state index in [9.17, 15) is 4.79 Å². The Morgan fingerprint density at radius 2 is 1.92 bits per heavy atom. The topological polar surface area (TPSA) is 44.4 Å². The summed E-state index contributed by atoms with van der Waals surface area (Å²) in [5.74, 6) is 0.698. The number of likely N-dealkylation sites (tertiary alicyclic amines) is 1. The zero-order valence-corrected chi connectivity index (χ0v) is 15.8. The summed E-state index contributed by atoms with van der Waals surface area (Å²) in [5.41, 5.74) is 1.06. The number of rotatable bonds is 6. The quantitative estimate of drug-likeness (QED) is 0.820. The van der Waals surface area contributed by atoms with E-state index < -0.39 is 0 Å². The van der Waals surface area contributed by atoms with Gasteiger partial charge < -0.3 is 15.5 Å². The molecule has 2 amide bonds. The predicted octanol–water partition coefficient (Wildman–Crippen LogP) is 3.69. The minimum Gasteiger partial charge on any atom is -0.335 e. The van der Waals surface area contributed by atoms with Gasteiger partial charge in [-0.3, -0.25) is 0 Å². The van der Waals surface area contributed by atoms with Gasteiger partial charge in [-0.1, -0.05) is 43.6 Å². The first-order valence-corrected chi connectivity index (χ1v) is 9.34. The molecule has 1 heterocycles. The number of hydrogen-bond donors (Lipinski definition) is 2. The molecule has 1 aliphatic heterocycles. The standard InChI is InChI=1S/C19H30ClN3O/c1-14(2)13-23-10-8-17(9-11-23)22-19(24)21-15(3)12-16-6-4-5-7-18(16)20/h4-7,14-15,17H,8-13H2,1-3H3,(H2,21,22,24)/t15-/m0/s1. The molecular formula is C19H30ClN3O. The zero-order chi connectivity index (χ0) is 17.5. The largest absolute Gasteiger partial charge is 0.335 e. The number of urea groups is 1. The van der Waals surface area contributed by atoms with Crippen molar-refractivity contribution in [1.29, 1.82) is 0 Å². The molecule has 2 rings (SSSR count). The van der Waals surface area contributed by atoms with Gasteiger partial charge in [0.1, 0.15) is 0 Å². The molecule has 4 nitrogen and oxygen atoms in total. The summed E-state index contributed by atoms with van der Waals surface area (Å²) in [7, 11) is 0. The normalized spacial score (nSPS) is 17.7. The van der Waals surface area contributed by atoms with Crippen LogP contribution in [-0.4, -0.2) is 42.6 Å². The average Bonchev–Trinajstić information content (AvgIpc) is 2.51. The molecule has 2 N–H and O–H groups in total. The second kappa shape index (κ2) is 9.28. The fourth-order valence-corrected chi connectivity index (χ4v) is 3.48. The van der Waals surface area contributed by atoms with Crippen LogP contribution in [0, 0.1) is 5.92 Å². The molecule has 134 valence electrons. The molecule has 24 heavy (non-hydrogen) atoms. The lowest BCUT2D eigenvalue weighted by Crippen LogP contribution is -2.50. The summed E-state index contributed by atoms with van der Waals surface area (Å²) in [6.45, 7) is 9.79. The van der Waals surface area contributed by atoms with Crippen LogP contribution in [0.4, 0.5) is 4.79 Å². The number of benzene rings is 1. The highest BCUT2D eigenvalue weighted by Gasteiger charge is 2.21. The van der Waals surface area contributed by atoms with E-state index in [1.54, 1.807) is 0 Å². The molecule has 0 aliphatic carbocycles. The summed E-state index contributed by atoms with van der Waals surface area (Å²) in [6, 6.07) is 8.03. The Kier molecular flexibility index (Phi) is 7.38. The molecule has 0 saturated carbocycles. The van der Waals surface area contributed by atoms with E-state index in [4.69, 9.17) is 11.6 Å². The van der Waals surface area contributed by atoms with Gasteiger partial charge >= 0.3 is 6.03 Å². The summed E-state index contributed by atoms with van der Waals surface area (Å²) in [5, 5.41) is 6.89. The van der Waals surface area contributed by atoms with E-state index in [-0.39, 0.29) is 18.1 Å². The molecule has 0 unspecified atom stereocenters. The van der Waals surface area contributed by atoms with E-state index in [0.717, 1.165) is 49.5 Å². The van der Waals surface area contributed by atoms with Gasteiger partial charge in [-0.15, -0.1) is 0 Å². The third-order valence-electron chi connectivity index (χ3n) is 4.41. The van der Waals surface area contributed by atoms with Crippen LogP contribution in [0.1, 0.15) is 39.2 Å². The molecule has 1 aliphatic rings. The molecule has 1 saturated heterocycles. The van der Waals surface area contributed by atoms with Crippen molar-refractivity contribution in [2.45, 2.75) is 52.1 Å². The predicted molar refractivity (Wildman–Crippen MR) is 101 cm³/mol. The number of piperidine rings is 1. The van der Waals surface area contributed by atoms with Gasteiger partial charge in [0.15, 0.2) is 0 Å². The molecular weight excluding hydrogens is 322 g/mol. The molecule has 1 aromatic rings. The molecule has 0 radical (unpaired) electrons. The van der Waals surface area contributed by atoms with Crippen molar-refractivity contribution in [3.8, 4) is 0 Å². The van der Waals surface area contributed by atoms with Crippen LogP contribution in [0.2, 0.25) is 5.02 Å². The van der Waals surface area contributed by atoms with Gasteiger partial charge in [0.05, 0.1) is 0 Å². The smallest absolute Gasteiger partial charge is 0.315 e. The Hall–Kier alpha value is -1.26. The van der Waals surface area contributed by atoms with E-state index in [1.807, 2.05) is 31.2 Å². The summed E-state index contributed by atoms with van der Waals surface area (Å²) in [6.07, 6.45) is 2.79. The number of nitrogens with zero attached hydrogens (tertiary/aromatic N) is 1. The Balaban J connectivity index is 1.71. The number of hydrogen-bond acceptors (Lipinski definition) is 2. The van der Waals surface area contributed by atoms with Crippen molar-refractivity contribution in [3.05, 3.63) is 34.9 Å². The Morgan fingerprint density at radius 3 is 2.54 bits per heavy atom. The third-order valence-corrected chi connectivity index (χ3v) is 4.78. The van der Waals surface area contributed by atoms with Crippen molar-refractivity contribution in [1.82, 2.24) is 15.5 Å².